The molecule has 2 aromatic rings. The van der Waals surface area contributed by atoms with E-state index < -0.39 is 17.7 Å². The van der Waals surface area contributed by atoms with E-state index in [1.165, 1.54) is 29.1 Å². The van der Waals surface area contributed by atoms with Crippen LogP contribution in [0.15, 0.2) is 36.7 Å². The van der Waals surface area contributed by atoms with Crippen LogP contribution < -0.4 is 5.32 Å². The molecule has 98 valence electrons. The molecule has 0 radical (unpaired) electrons. The van der Waals surface area contributed by atoms with Crippen LogP contribution in [0.25, 0.3) is 0 Å². The number of carbonyl (C=O) groups is 2. The van der Waals surface area contributed by atoms with Gasteiger partial charge in [0, 0.05) is 6.20 Å². The lowest BCUT2D eigenvalue weighted by Crippen LogP contribution is -2.19. The molecule has 0 saturated heterocycles. The highest BCUT2D eigenvalue weighted by molar-refractivity contribution is 5.91. The molecule has 2 N–H and O–H groups in total. The molecule has 1 aromatic heterocycles. The molecule has 0 aliphatic carbocycles. The first-order valence-corrected chi connectivity index (χ1v) is 5.36. The Morgan fingerprint density at radius 1 is 1.37 bits per heavy atom. The number of hydrogen-bond acceptors (Lipinski definition) is 3. The molecule has 0 aliphatic rings. The van der Waals surface area contributed by atoms with Gasteiger partial charge in [-0.05, 0) is 12.1 Å². The Balaban J connectivity index is 2.01. The van der Waals surface area contributed by atoms with Gasteiger partial charge in [0.25, 0.3) is 0 Å². The highest BCUT2D eigenvalue weighted by atomic mass is 19.1. The number of amides is 1. The quantitative estimate of drug-likeness (QED) is 0.872. The Morgan fingerprint density at radius 2 is 2.11 bits per heavy atom. The summed E-state index contributed by atoms with van der Waals surface area (Å²) in [7, 11) is 0. The summed E-state index contributed by atoms with van der Waals surface area (Å²) in [6, 6.07) is 5.76. The van der Waals surface area contributed by atoms with E-state index in [0.29, 0.717) is 0 Å². The van der Waals surface area contributed by atoms with E-state index in [9.17, 15) is 14.0 Å². The van der Waals surface area contributed by atoms with E-state index in [0.717, 1.165) is 6.20 Å². The Labute approximate surface area is 107 Å². The van der Waals surface area contributed by atoms with Crippen molar-refractivity contribution in [1.82, 2.24) is 9.78 Å². The second-order valence-electron chi connectivity index (χ2n) is 3.76. The van der Waals surface area contributed by atoms with Gasteiger partial charge < -0.3 is 10.4 Å². The molecule has 6 nitrogen and oxygen atoms in total. The molecule has 0 atom stereocenters. The average molecular weight is 263 g/mol. The summed E-state index contributed by atoms with van der Waals surface area (Å²) in [5.74, 6) is -2.16. The molecule has 0 aliphatic heterocycles. The van der Waals surface area contributed by atoms with Gasteiger partial charge in [-0.25, -0.2) is 9.18 Å². The van der Waals surface area contributed by atoms with E-state index in [4.69, 9.17) is 5.11 Å². The summed E-state index contributed by atoms with van der Waals surface area (Å²) in [6.07, 6.45) is 2.36. The van der Waals surface area contributed by atoms with Gasteiger partial charge in [0.05, 0.1) is 17.4 Å². The molecule has 7 heteroatoms. The Morgan fingerprint density at radius 3 is 2.74 bits per heavy atom. The lowest BCUT2D eigenvalue weighted by atomic mass is 10.3. The first-order chi connectivity index (χ1) is 9.06. The van der Waals surface area contributed by atoms with Crippen LogP contribution in [0.1, 0.15) is 10.4 Å². The summed E-state index contributed by atoms with van der Waals surface area (Å²) >= 11 is 0. The number of benzene rings is 1. The van der Waals surface area contributed by atoms with Gasteiger partial charge in [-0.3, -0.25) is 9.48 Å². The van der Waals surface area contributed by atoms with Gasteiger partial charge in [0.15, 0.2) is 0 Å². The second-order valence-corrected chi connectivity index (χ2v) is 3.76. The van der Waals surface area contributed by atoms with E-state index in [1.54, 1.807) is 6.07 Å². The molecule has 1 heterocycles. The zero-order chi connectivity index (χ0) is 13.8. The first-order valence-electron chi connectivity index (χ1n) is 5.36. The van der Waals surface area contributed by atoms with Gasteiger partial charge in [-0.2, -0.15) is 5.10 Å². The zero-order valence-corrected chi connectivity index (χ0v) is 9.71. The van der Waals surface area contributed by atoms with Crippen LogP contribution in [0.2, 0.25) is 0 Å². The fourth-order valence-electron chi connectivity index (χ4n) is 1.46. The Hall–Kier alpha value is -2.70. The number of nitrogens with zero attached hydrogens (tertiary/aromatic N) is 2. The molecule has 19 heavy (non-hydrogen) atoms. The summed E-state index contributed by atoms with van der Waals surface area (Å²) in [5, 5.41) is 14.8. The van der Waals surface area contributed by atoms with E-state index in [2.05, 4.69) is 10.4 Å². The minimum Gasteiger partial charge on any atom is -0.478 e. The topological polar surface area (TPSA) is 84.2 Å². The lowest BCUT2D eigenvalue weighted by Gasteiger charge is -2.05. The fraction of sp³-hybridized carbons (Fsp3) is 0.0833. The summed E-state index contributed by atoms with van der Waals surface area (Å²) in [4.78, 5) is 22.3. The van der Waals surface area contributed by atoms with Crippen LogP contribution in [0, 0.1) is 5.82 Å². The van der Waals surface area contributed by atoms with Gasteiger partial charge in [0.2, 0.25) is 5.91 Å². The van der Waals surface area contributed by atoms with Crippen LogP contribution >= 0.6 is 0 Å². The number of aromatic nitrogens is 2. The fourth-order valence-corrected chi connectivity index (χ4v) is 1.46. The number of nitrogens with one attached hydrogen (secondary N) is 1. The number of carboxylic acids is 1. The van der Waals surface area contributed by atoms with Crippen molar-refractivity contribution >= 4 is 17.6 Å². The predicted molar refractivity (Wildman–Crippen MR) is 64.2 cm³/mol. The molecule has 1 amide bonds. The van der Waals surface area contributed by atoms with Crippen LogP contribution in [0.4, 0.5) is 10.1 Å². The molecular weight excluding hydrogens is 253 g/mol. The van der Waals surface area contributed by atoms with E-state index in [1.807, 2.05) is 0 Å². The third-order valence-electron chi connectivity index (χ3n) is 2.33. The number of carbonyl (C=O) groups excluding carboxylic acids is 1. The highest BCUT2D eigenvalue weighted by Gasteiger charge is 2.10. The van der Waals surface area contributed by atoms with Crippen LogP contribution in [-0.2, 0) is 11.3 Å². The average Bonchev–Trinajstić information content (AvgIpc) is 2.80. The maximum Gasteiger partial charge on any atom is 0.338 e. The molecule has 0 unspecified atom stereocenters. The van der Waals surface area contributed by atoms with Crippen molar-refractivity contribution in [3.05, 3.63) is 48.0 Å². The number of carboxylic acid groups (broad SMARTS) is 1. The van der Waals surface area contributed by atoms with Gasteiger partial charge in [-0.15, -0.1) is 0 Å². The molecule has 0 saturated carbocycles. The minimum atomic E-state index is -1.12. The van der Waals surface area contributed by atoms with Crippen molar-refractivity contribution < 1.29 is 19.1 Å². The van der Waals surface area contributed by atoms with Crippen LogP contribution in [0.5, 0.6) is 0 Å². The zero-order valence-electron chi connectivity index (χ0n) is 9.71. The second kappa shape index (κ2) is 5.30. The maximum absolute atomic E-state index is 13.3. The molecule has 2 rings (SSSR count). The van der Waals surface area contributed by atoms with E-state index >= 15 is 0 Å². The monoisotopic (exact) mass is 263 g/mol. The standard InChI is InChI=1S/C12H10FN3O3/c13-9-3-1-2-4-10(9)15-11(17)7-16-6-8(5-14-16)12(18)19/h1-6H,7H2,(H,15,17)(H,18,19). The van der Waals surface area contributed by atoms with Crippen LogP contribution in [-0.4, -0.2) is 26.8 Å². The number of anilines is 1. The first kappa shape index (κ1) is 12.7. The van der Waals surface area contributed by atoms with Gasteiger partial charge in [0.1, 0.15) is 12.4 Å². The molecule has 0 bridgehead atoms. The van der Waals surface area contributed by atoms with Gasteiger partial charge in [-0.1, -0.05) is 12.1 Å². The van der Waals surface area contributed by atoms with Crippen molar-refractivity contribution in [2.45, 2.75) is 6.54 Å². The van der Waals surface area contributed by atoms with Crippen molar-refractivity contribution in [2.75, 3.05) is 5.32 Å². The third-order valence-corrected chi connectivity index (χ3v) is 2.33. The number of halogens is 1. The SMILES string of the molecule is O=C(Cn1cc(C(=O)O)cn1)Nc1ccccc1F. The van der Waals surface area contributed by atoms with Crippen molar-refractivity contribution in [2.24, 2.45) is 0 Å². The Bertz CT molecular complexity index is 624. The molecular formula is C12H10FN3O3. The summed E-state index contributed by atoms with van der Waals surface area (Å²) < 4.78 is 14.5. The van der Waals surface area contributed by atoms with Crippen molar-refractivity contribution in [3.63, 3.8) is 0 Å². The smallest absolute Gasteiger partial charge is 0.338 e. The Kier molecular flexibility index (Phi) is 3.56. The molecule has 1 aromatic carbocycles. The van der Waals surface area contributed by atoms with Crippen molar-refractivity contribution in [3.8, 4) is 0 Å². The third kappa shape index (κ3) is 3.15. The molecule has 0 fully saturated rings. The number of hydrogen-bond donors (Lipinski definition) is 2. The normalized spacial score (nSPS) is 10.2. The number of aromatic carboxylic acids is 1. The minimum absolute atomic E-state index is 0.0151. The number of para-hydroxylation sites is 1. The predicted octanol–water partition coefficient (Wildman–Crippen LogP) is 1.36. The van der Waals surface area contributed by atoms with Crippen molar-refractivity contribution in [1.29, 1.82) is 0 Å². The highest BCUT2D eigenvalue weighted by Crippen LogP contribution is 2.12. The summed E-state index contributed by atoms with van der Waals surface area (Å²) in [6.45, 7) is -0.193. The van der Waals surface area contributed by atoms with Crippen LogP contribution in [0.3, 0.4) is 0 Å². The largest absolute Gasteiger partial charge is 0.478 e. The maximum atomic E-state index is 13.3. The molecule has 0 spiro atoms. The summed E-state index contributed by atoms with van der Waals surface area (Å²) in [5.41, 5.74) is 0.0526. The van der Waals surface area contributed by atoms with E-state index in [-0.39, 0.29) is 17.8 Å². The van der Waals surface area contributed by atoms with Gasteiger partial charge >= 0.3 is 5.97 Å². The lowest BCUT2D eigenvalue weighted by molar-refractivity contribution is -0.116. The number of rotatable bonds is 4.